The van der Waals surface area contributed by atoms with Gasteiger partial charge in [-0.05, 0) is 36.2 Å². The van der Waals surface area contributed by atoms with Gasteiger partial charge < -0.3 is 15.7 Å². The Labute approximate surface area is 165 Å². The van der Waals surface area contributed by atoms with Gasteiger partial charge in [0.25, 0.3) is 0 Å². The fourth-order valence-electron chi connectivity index (χ4n) is 2.92. The van der Waals surface area contributed by atoms with Gasteiger partial charge in [0.1, 0.15) is 0 Å². The molecule has 0 aliphatic carbocycles. The molecule has 1 unspecified atom stereocenters. The molecule has 0 saturated carbocycles. The summed E-state index contributed by atoms with van der Waals surface area (Å²) in [5.74, 6) is 0.770. The highest BCUT2D eigenvalue weighted by Crippen LogP contribution is 2.13. The van der Waals surface area contributed by atoms with Crippen LogP contribution in [-0.4, -0.2) is 40.5 Å². The first-order chi connectivity index (χ1) is 13.8. The van der Waals surface area contributed by atoms with Crippen molar-refractivity contribution in [2.45, 2.75) is 19.4 Å². The van der Waals surface area contributed by atoms with Crippen LogP contribution in [0.4, 0.5) is 0 Å². The number of guanidine groups is 1. The van der Waals surface area contributed by atoms with Gasteiger partial charge >= 0.3 is 0 Å². The van der Waals surface area contributed by atoms with Crippen molar-refractivity contribution in [3.05, 3.63) is 84.2 Å². The number of hydrogen-bond donors (Lipinski definition) is 3. The molecule has 3 N–H and O–H groups in total. The van der Waals surface area contributed by atoms with Gasteiger partial charge in [-0.3, -0.25) is 0 Å². The van der Waals surface area contributed by atoms with Gasteiger partial charge in [-0.1, -0.05) is 42.5 Å². The number of aliphatic imine (C=N–C) groups is 1. The number of rotatable bonds is 8. The molecular weight excluding hydrogens is 350 g/mol. The molecular formula is C22H27N5O. The van der Waals surface area contributed by atoms with E-state index in [-0.39, 0.29) is 12.5 Å². The second-order valence-corrected chi connectivity index (χ2v) is 6.48. The lowest BCUT2D eigenvalue weighted by Gasteiger charge is -2.18. The first-order valence-electron chi connectivity index (χ1n) is 9.57. The Hall–Kier alpha value is -3.12. The fourth-order valence-corrected chi connectivity index (χ4v) is 2.92. The average Bonchev–Trinajstić information content (AvgIpc) is 3.28. The second kappa shape index (κ2) is 10.3. The van der Waals surface area contributed by atoms with Crippen LogP contribution in [0.3, 0.4) is 0 Å². The van der Waals surface area contributed by atoms with Gasteiger partial charge in [0.05, 0.1) is 18.8 Å². The van der Waals surface area contributed by atoms with Crippen molar-refractivity contribution in [2.75, 3.05) is 19.7 Å². The molecule has 28 heavy (non-hydrogen) atoms. The lowest BCUT2D eigenvalue weighted by atomic mass is 10.0. The van der Waals surface area contributed by atoms with Crippen molar-refractivity contribution in [1.82, 2.24) is 20.4 Å². The molecule has 0 aliphatic heterocycles. The minimum Gasteiger partial charge on any atom is -0.396 e. The molecule has 1 atom stereocenters. The van der Waals surface area contributed by atoms with Crippen LogP contribution < -0.4 is 10.6 Å². The first kappa shape index (κ1) is 19.6. The monoisotopic (exact) mass is 377 g/mol. The highest BCUT2D eigenvalue weighted by Gasteiger charge is 2.10. The predicted octanol–water partition coefficient (Wildman–Crippen LogP) is 2.70. The quantitative estimate of drug-likeness (QED) is 0.417. The van der Waals surface area contributed by atoms with E-state index < -0.39 is 0 Å². The molecule has 3 aromatic rings. The predicted molar refractivity (Wildman–Crippen MR) is 113 cm³/mol. The van der Waals surface area contributed by atoms with E-state index in [1.54, 1.807) is 6.20 Å². The van der Waals surface area contributed by atoms with E-state index in [1.165, 1.54) is 0 Å². The van der Waals surface area contributed by atoms with Crippen LogP contribution in [0.15, 0.2) is 78.0 Å². The second-order valence-electron chi connectivity index (χ2n) is 6.48. The maximum atomic E-state index is 9.73. The fraction of sp³-hybridized carbons (Fsp3) is 0.273. The Morgan fingerprint density at radius 3 is 2.50 bits per heavy atom. The Morgan fingerprint density at radius 2 is 1.86 bits per heavy atom. The van der Waals surface area contributed by atoms with E-state index in [0.717, 1.165) is 29.3 Å². The molecule has 0 bridgehead atoms. The van der Waals surface area contributed by atoms with Crippen LogP contribution >= 0.6 is 0 Å². The lowest BCUT2D eigenvalue weighted by Crippen LogP contribution is -2.39. The van der Waals surface area contributed by atoms with Crippen molar-refractivity contribution in [1.29, 1.82) is 0 Å². The summed E-state index contributed by atoms with van der Waals surface area (Å²) in [4.78, 5) is 4.67. The normalized spacial score (nSPS) is 12.6. The minimum atomic E-state index is 0.0263. The molecule has 0 aliphatic rings. The van der Waals surface area contributed by atoms with E-state index in [4.69, 9.17) is 0 Å². The molecule has 1 heterocycles. The zero-order valence-corrected chi connectivity index (χ0v) is 16.1. The maximum absolute atomic E-state index is 9.73. The van der Waals surface area contributed by atoms with Crippen LogP contribution in [0.2, 0.25) is 0 Å². The van der Waals surface area contributed by atoms with Crippen LogP contribution in [0.1, 0.15) is 24.0 Å². The highest BCUT2D eigenvalue weighted by molar-refractivity contribution is 5.79. The molecule has 0 saturated heterocycles. The molecule has 0 radical (unpaired) electrons. The molecule has 0 spiro atoms. The molecule has 6 heteroatoms. The Kier molecular flexibility index (Phi) is 7.21. The Balaban J connectivity index is 1.60. The summed E-state index contributed by atoms with van der Waals surface area (Å²) in [6, 6.07) is 20.1. The van der Waals surface area contributed by atoms with E-state index in [2.05, 4.69) is 32.9 Å². The SMILES string of the molecule is CCNC(=NCc1ccc(-n2cccn2)cc1)NCC(CO)c1ccccc1. The largest absolute Gasteiger partial charge is 0.396 e. The van der Waals surface area contributed by atoms with Crippen molar-refractivity contribution in [3.63, 3.8) is 0 Å². The summed E-state index contributed by atoms with van der Waals surface area (Å²) in [7, 11) is 0. The number of nitrogens with one attached hydrogen (secondary N) is 2. The summed E-state index contributed by atoms with van der Waals surface area (Å²) >= 11 is 0. The molecule has 6 nitrogen and oxygen atoms in total. The average molecular weight is 377 g/mol. The maximum Gasteiger partial charge on any atom is 0.191 e. The molecule has 0 fully saturated rings. The third-order valence-corrected chi connectivity index (χ3v) is 4.48. The van der Waals surface area contributed by atoms with Crippen molar-refractivity contribution in [3.8, 4) is 5.69 Å². The molecule has 0 amide bonds. The number of benzene rings is 2. The summed E-state index contributed by atoms with van der Waals surface area (Å²) in [6.07, 6.45) is 3.69. The highest BCUT2D eigenvalue weighted by atomic mass is 16.3. The third-order valence-electron chi connectivity index (χ3n) is 4.48. The number of aliphatic hydroxyl groups is 1. The number of nitrogens with zero attached hydrogens (tertiary/aromatic N) is 3. The Bertz CT molecular complexity index is 844. The van der Waals surface area contributed by atoms with Gasteiger partial charge in [0.2, 0.25) is 0 Å². The van der Waals surface area contributed by atoms with E-state index in [1.807, 2.05) is 66.3 Å². The van der Waals surface area contributed by atoms with Gasteiger partial charge in [0, 0.05) is 31.4 Å². The van der Waals surface area contributed by atoms with Crippen LogP contribution in [0.5, 0.6) is 0 Å². The lowest BCUT2D eigenvalue weighted by molar-refractivity contribution is 0.265. The van der Waals surface area contributed by atoms with E-state index in [0.29, 0.717) is 13.1 Å². The summed E-state index contributed by atoms with van der Waals surface area (Å²) in [5.41, 5.74) is 3.26. The number of aromatic nitrogens is 2. The van der Waals surface area contributed by atoms with Crippen LogP contribution in [0, 0.1) is 0 Å². The zero-order valence-electron chi connectivity index (χ0n) is 16.1. The van der Waals surface area contributed by atoms with E-state index in [9.17, 15) is 5.11 Å². The summed E-state index contributed by atoms with van der Waals surface area (Å²) in [6.45, 7) is 4.09. The third kappa shape index (κ3) is 5.44. The standard InChI is InChI=1S/C22H27N5O/c1-2-23-22(25-16-20(17-28)19-7-4-3-5-8-19)24-15-18-9-11-21(12-10-18)27-14-6-13-26-27/h3-14,20,28H,2,15-17H2,1H3,(H2,23,24,25). The molecule has 2 aromatic carbocycles. The number of hydrogen-bond acceptors (Lipinski definition) is 3. The van der Waals surface area contributed by atoms with Gasteiger partial charge in [-0.15, -0.1) is 0 Å². The van der Waals surface area contributed by atoms with Gasteiger partial charge in [0.15, 0.2) is 5.96 Å². The number of aliphatic hydroxyl groups excluding tert-OH is 1. The van der Waals surface area contributed by atoms with Gasteiger partial charge in [-0.2, -0.15) is 5.10 Å². The molecule has 146 valence electrons. The van der Waals surface area contributed by atoms with Crippen molar-refractivity contribution >= 4 is 5.96 Å². The molecule has 3 rings (SSSR count). The molecule has 1 aromatic heterocycles. The summed E-state index contributed by atoms with van der Waals surface area (Å²) in [5, 5.41) is 20.6. The summed E-state index contributed by atoms with van der Waals surface area (Å²) < 4.78 is 1.83. The van der Waals surface area contributed by atoms with Crippen molar-refractivity contribution in [2.24, 2.45) is 4.99 Å². The smallest absolute Gasteiger partial charge is 0.191 e. The Morgan fingerprint density at radius 1 is 1.07 bits per heavy atom. The minimum absolute atomic E-state index is 0.0263. The topological polar surface area (TPSA) is 74.5 Å². The zero-order chi connectivity index (χ0) is 19.6. The van der Waals surface area contributed by atoms with Crippen molar-refractivity contribution < 1.29 is 5.11 Å². The van der Waals surface area contributed by atoms with E-state index >= 15 is 0 Å². The first-order valence-corrected chi connectivity index (χ1v) is 9.57. The van der Waals surface area contributed by atoms with Crippen LogP contribution in [-0.2, 0) is 6.54 Å². The van der Waals surface area contributed by atoms with Crippen LogP contribution in [0.25, 0.3) is 5.69 Å². The van der Waals surface area contributed by atoms with Gasteiger partial charge in [-0.25, -0.2) is 9.67 Å².